The summed E-state index contributed by atoms with van der Waals surface area (Å²) in [7, 11) is 2.04. The van der Waals surface area contributed by atoms with Crippen LogP contribution in [-0.4, -0.2) is 7.05 Å². The highest BCUT2D eigenvalue weighted by atomic mass is 79.9. The molecule has 0 amide bonds. The van der Waals surface area contributed by atoms with Gasteiger partial charge in [0.15, 0.2) is 0 Å². The van der Waals surface area contributed by atoms with Gasteiger partial charge in [0.1, 0.15) is 0 Å². The van der Waals surface area contributed by atoms with Crippen molar-refractivity contribution < 1.29 is 0 Å². The summed E-state index contributed by atoms with van der Waals surface area (Å²) in [5, 5.41) is 2.83. The van der Waals surface area contributed by atoms with Crippen LogP contribution < -0.4 is 10.6 Å². The largest absolute Gasteiger partial charge is 0.368 e. The molecule has 0 bridgehead atoms. The maximum Gasteiger partial charge on any atom is 0.0642 e. The van der Waals surface area contributed by atoms with Gasteiger partial charge >= 0.3 is 0 Å². The molecule has 0 aliphatic heterocycles. The van der Waals surface area contributed by atoms with Crippen LogP contribution in [0.5, 0.6) is 0 Å². The normalized spacial score (nSPS) is 12.5. The lowest BCUT2D eigenvalue weighted by Crippen LogP contribution is -2.16. The summed E-state index contributed by atoms with van der Waals surface area (Å²) in [6.45, 7) is 2.80. The molecule has 0 fully saturated rings. The summed E-state index contributed by atoms with van der Waals surface area (Å²) in [4.78, 5) is 3.44. The molecule has 0 aliphatic rings. The number of hydrogen-bond donors (Lipinski definition) is 1. The zero-order valence-corrected chi connectivity index (χ0v) is 14.0. The molecule has 102 valence electrons. The first-order valence-corrected chi connectivity index (χ1v) is 8.01. The topological polar surface area (TPSA) is 29.3 Å². The van der Waals surface area contributed by atoms with Crippen molar-refractivity contribution in [2.75, 3.05) is 11.9 Å². The third-order valence-corrected chi connectivity index (χ3v) is 4.91. The van der Waals surface area contributed by atoms with Crippen molar-refractivity contribution >= 4 is 44.6 Å². The minimum Gasteiger partial charge on any atom is -0.368 e. The van der Waals surface area contributed by atoms with E-state index >= 15 is 0 Å². The fourth-order valence-corrected chi connectivity index (χ4v) is 3.71. The molecule has 1 unspecified atom stereocenters. The summed E-state index contributed by atoms with van der Waals surface area (Å²) >= 11 is 11.5. The van der Waals surface area contributed by atoms with E-state index in [2.05, 4.69) is 32.3 Å². The average Bonchev–Trinajstić information content (AvgIpc) is 2.74. The Morgan fingerprint density at radius 3 is 2.68 bits per heavy atom. The Hall–Kier alpha value is -0.550. The molecule has 0 saturated carbocycles. The third kappa shape index (κ3) is 3.72. The molecule has 0 saturated heterocycles. The molecule has 2 rings (SSSR count). The highest BCUT2D eigenvalue weighted by Crippen LogP contribution is 2.30. The van der Waals surface area contributed by atoms with Crippen LogP contribution in [0.2, 0.25) is 5.02 Å². The maximum absolute atomic E-state index is 6.34. The van der Waals surface area contributed by atoms with E-state index in [0.29, 0.717) is 0 Å². The van der Waals surface area contributed by atoms with Crippen LogP contribution in [0.3, 0.4) is 0 Å². The van der Waals surface area contributed by atoms with E-state index in [1.54, 1.807) is 11.3 Å². The van der Waals surface area contributed by atoms with Crippen molar-refractivity contribution in [3.8, 4) is 0 Å². The van der Waals surface area contributed by atoms with Crippen molar-refractivity contribution in [3.05, 3.63) is 49.6 Å². The number of benzene rings is 1. The molecule has 0 spiro atoms. The zero-order valence-electron chi connectivity index (χ0n) is 10.9. The van der Waals surface area contributed by atoms with E-state index in [0.717, 1.165) is 27.3 Å². The molecule has 2 aromatic rings. The van der Waals surface area contributed by atoms with Gasteiger partial charge in [-0.05, 0) is 46.6 Å². The smallest absolute Gasteiger partial charge is 0.0642 e. The lowest BCUT2D eigenvalue weighted by Gasteiger charge is -2.21. The first-order valence-electron chi connectivity index (χ1n) is 5.96. The number of halogens is 2. The molecule has 1 heterocycles. The molecule has 2 nitrogen and oxygen atoms in total. The Morgan fingerprint density at radius 2 is 2.16 bits per heavy atom. The molecular formula is C14H16BrClN2S. The van der Waals surface area contributed by atoms with Crippen LogP contribution in [0.15, 0.2) is 34.1 Å². The monoisotopic (exact) mass is 358 g/mol. The van der Waals surface area contributed by atoms with Gasteiger partial charge in [0.05, 0.1) is 17.3 Å². The number of nitrogens with two attached hydrogens (primary N) is 1. The Morgan fingerprint density at radius 1 is 1.42 bits per heavy atom. The second-order valence-electron chi connectivity index (χ2n) is 4.59. The predicted molar refractivity (Wildman–Crippen MR) is 88.2 cm³/mol. The molecule has 1 aromatic carbocycles. The van der Waals surface area contributed by atoms with Crippen LogP contribution in [-0.2, 0) is 6.54 Å². The minimum absolute atomic E-state index is 0.00473. The van der Waals surface area contributed by atoms with Crippen LogP contribution >= 0.6 is 38.9 Å². The van der Waals surface area contributed by atoms with Gasteiger partial charge in [-0.25, -0.2) is 0 Å². The Bertz CT molecular complexity index is 568. The molecule has 19 heavy (non-hydrogen) atoms. The van der Waals surface area contributed by atoms with E-state index in [1.165, 1.54) is 4.88 Å². The van der Waals surface area contributed by atoms with Crippen LogP contribution in [0.25, 0.3) is 0 Å². The molecular weight excluding hydrogens is 344 g/mol. The molecule has 5 heteroatoms. The molecule has 2 N–H and O–H groups in total. The Balaban J connectivity index is 2.17. The predicted octanol–water partition coefficient (Wildman–Crippen LogP) is 4.82. The molecule has 1 atom stereocenters. The summed E-state index contributed by atoms with van der Waals surface area (Å²) in [6, 6.07) is 8.15. The number of anilines is 1. The highest BCUT2D eigenvalue weighted by molar-refractivity contribution is 9.10. The van der Waals surface area contributed by atoms with Crippen molar-refractivity contribution in [1.29, 1.82) is 0 Å². The van der Waals surface area contributed by atoms with Crippen LogP contribution in [0, 0.1) is 0 Å². The molecule has 0 radical (unpaired) electrons. The van der Waals surface area contributed by atoms with Crippen molar-refractivity contribution in [1.82, 2.24) is 0 Å². The van der Waals surface area contributed by atoms with Crippen molar-refractivity contribution in [2.45, 2.75) is 19.5 Å². The van der Waals surface area contributed by atoms with E-state index < -0.39 is 0 Å². The van der Waals surface area contributed by atoms with E-state index in [1.807, 2.05) is 32.2 Å². The maximum atomic E-state index is 6.34. The fourth-order valence-electron chi connectivity index (χ4n) is 1.87. The van der Waals surface area contributed by atoms with Gasteiger partial charge in [-0.2, -0.15) is 0 Å². The Labute approximate surface area is 131 Å². The van der Waals surface area contributed by atoms with Gasteiger partial charge in [0.2, 0.25) is 0 Å². The second kappa shape index (κ2) is 6.27. The van der Waals surface area contributed by atoms with Gasteiger partial charge in [-0.15, -0.1) is 11.3 Å². The van der Waals surface area contributed by atoms with Crippen molar-refractivity contribution in [2.24, 2.45) is 5.73 Å². The SMILES string of the molecule is CC(N)c1ccc(N(C)Cc2cc(Br)cs2)c(Cl)c1. The van der Waals surface area contributed by atoms with Gasteiger partial charge in [-0.3, -0.25) is 0 Å². The second-order valence-corrected chi connectivity index (χ2v) is 6.91. The average molecular weight is 360 g/mol. The number of rotatable bonds is 4. The van der Waals surface area contributed by atoms with Crippen LogP contribution in [0.1, 0.15) is 23.4 Å². The standard InChI is InChI=1S/C14H16BrClN2S/c1-9(17)10-3-4-14(13(16)5-10)18(2)7-12-6-11(15)8-19-12/h3-6,8-9H,7,17H2,1-2H3. The summed E-state index contributed by atoms with van der Waals surface area (Å²) in [6.07, 6.45) is 0. The summed E-state index contributed by atoms with van der Waals surface area (Å²) < 4.78 is 1.12. The summed E-state index contributed by atoms with van der Waals surface area (Å²) in [5.41, 5.74) is 7.94. The van der Waals surface area contributed by atoms with Gasteiger partial charge in [0, 0.05) is 27.8 Å². The zero-order chi connectivity index (χ0) is 14.0. The lowest BCUT2D eigenvalue weighted by atomic mass is 10.1. The van der Waals surface area contributed by atoms with Crippen LogP contribution in [0.4, 0.5) is 5.69 Å². The number of nitrogens with zero attached hydrogens (tertiary/aromatic N) is 1. The van der Waals surface area contributed by atoms with E-state index in [4.69, 9.17) is 17.3 Å². The highest BCUT2D eigenvalue weighted by Gasteiger charge is 2.10. The number of thiophene rings is 1. The third-order valence-electron chi connectivity index (χ3n) is 2.92. The quantitative estimate of drug-likeness (QED) is 0.848. The Kier molecular flexibility index (Phi) is 4.90. The van der Waals surface area contributed by atoms with E-state index in [-0.39, 0.29) is 6.04 Å². The summed E-state index contributed by atoms with van der Waals surface area (Å²) in [5.74, 6) is 0. The van der Waals surface area contributed by atoms with Gasteiger partial charge in [-0.1, -0.05) is 17.7 Å². The first kappa shape index (κ1) is 14.9. The lowest BCUT2D eigenvalue weighted by molar-refractivity contribution is 0.817. The number of hydrogen-bond acceptors (Lipinski definition) is 3. The van der Waals surface area contributed by atoms with E-state index in [9.17, 15) is 0 Å². The minimum atomic E-state index is 0.00473. The van der Waals surface area contributed by atoms with Gasteiger partial charge in [0.25, 0.3) is 0 Å². The molecule has 0 aliphatic carbocycles. The molecule has 1 aromatic heterocycles. The van der Waals surface area contributed by atoms with Crippen molar-refractivity contribution in [3.63, 3.8) is 0 Å². The van der Waals surface area contributed by atoms with Gasteiger partial charge < -0.3 is 10.6 Å². The fraction of sp³-hybridized carbons (Fsp3) is 0.286. The first-order chi connectivity index (χ1) is 8.97.